The van der Waals surface area contributed by atoms with E-state index in [1.54, 1.807) is 18.2 Å². The van der Waals surface area contributed by atoms with Crippen LogP contribution in [0.3, 0.4) is 0 Å². The number of nitro groups is 1. The molecule has 0 saturated carbocycles. The molecule has 0 spiro atoms. The van der Waals surface area contributed by atoms with Crippen LogP contribution in [0.5, 0.6) is 0 Å². The maximum atomic E-state index is 11.9. The van der Waals surface area contributed by atoms with Gasteiger partial charge in [-0.15, -0.1) is 11.8 Å². The predicted molar refractivity (Wildman–Crippen MR) is 111 cm³/mol. The number of nitro benzene ring substituents is 1. The minimum absolute atomic E-state index is 0.0490. The van der Waals surface area contributed by atoms with E-state index in [4.69, 9.17) is 23.2 Å². The summed E-state index contributed by atoms with van der Waals surface area (Å²) in [5, 5.41) is 16.1. The highest BCUT2D eigenvalue weighted by molar-refractivity contribution is 8.00. The Bertz CT molecular complexity index is 1070. The molecule has 142 valence electrons. The monoisotopic (exact) mass is 434 g/mol. The molecular formula is C18H12Cl2N4O3S. The Hall–Kier alpha value is -2.68. The third-order valence-electron chi connectivity index (χ3n) is 3.57. The van der Waals surface area contributed by atoms with Crippen molar-refractivity contribution >= 4 is 63.7 Å². The average molecular weight is 435 g/mol. The lowest BCUT2D eigenvalue weighted by Gasteiger charge is -2.03. The highest BCUT2D eigenvalue weighted by Crippen LogP contribution is 2.23. The Morgan fingerprint density at radius 2 is 1.96 bits per heavy atom. The molecule has 1 N–H and O–H groups in total. The highest BCUT2D eigenvalue weighted by atomic mass is 35.5. The molecule has 0 bridgehead atoms. The van der Waals surface area contributed by atoms with Gasteiger partial charge in [0.15, 0.2) is 0 Å². The Labute approximate surface area is 173 Å². The number of nitrogens with one attached hydrogen (secondary N) is 1. The lowest BCUT2D eigenvalue weighted by molar-refractivity contribution is -0.384. The summed E-state index contributed by atoms with van der Waals surface area (Å²) in [7, 11) is 0. The normalized spacial score (nSPS) is 11.1. The summed E-state index contributed by atoms with van der Waals surface area (Å²) < 4.78 is 0. The smallest absolute Gasteiger partial charge is 0.270 e. The first kappa shape index (κ1) is 20.1. The fourth-order valence-electron chi connectivity index (χ4n) is 2.25. The molecule has 0 aliphatic heterocycles. The van der Waals surface area contributed by atoms with Gasteiger partial charge in [-0.2, -0.15) is 5.10 Å². The fraction of sp³-hybridized carbons (Fsp3) is 0.0556. The number of aromatic nitrogens is 1. The van der Waals surface area contributed by atoms with Crippen LogP contribution in [0.15, 0.2) is 58.5 Å². The van der Waals surface area contributed by atoms with Crippen molar-refractivity contribution in [2.24, 2.45) is 5.10 Å². The number of pyridine rings is 1. The van der Waals surface area contributed by atoms with Gasteiger partial charge in [-0.05, 0) is 36.4 Å². The van der Waals surface area contributed by atoms with Gasteiger partial charge in [-0.3, -0.25) is 14.9 Å². The molecule has 0 radical (unpaired) electrons. The van der Waals surface area contributed by atoms with Crippen LogP contribution in [0.2, 0.25) is 10.2 Å². The van der Waals surface area contributed by atoms with E-state index in [1.807, 2.05) is 12.1 Å². The third-order valence-corrected chi connectivity index (χ3v) is 5.13. The number of carbonyl (C=O) groups excluding carboxylic acids is 1. The van der Waals surface area contributed by atoms with E-state index in [2.05, 4.69) is 15.5 Å². The molecule has 28 heavy (non-hydrogen) atoms. The molecule has 0 aliphatic rings. The van der Waals surface area contributed by atoms with Crippen molar-refractivity contribution in [2.45, 2.75) is 4.90 Å². The molecule has 3 aromatic rings. The summed E-state index contributed by atoms with van der Waals surface area (Å²) in [6.45, 7) is 0. The van der Waals surface area contributed by atoms with E-state index in [0.717, 1.165) is 4.90 Å². The number of hydrogen-bond acceptors (Lipinski definition) is 6. The van der Waals surface area contributed by atoms with Gasteiger partial charge >= 0.3 is 0 Å². The molecule has 0 saturated heterocycles. The minimum Gasteiger partial charge on any atom is -0.272 e. The van der Waals surface area contributed by atoms with Crippen molar-refractivity contribution in [3.8, 4) is 0 Å². The van der Waals surface area contributed by atoms with Crippen LogP contribution in [0.1, 0.15) is 5.56 Å². The molecule has 1 aromatic heterocycles. The predicted octanol–water partition coefficient (Wildman–Crippen LogP) is 4.69. The van der Waals surface area contributed by atoms with E-state index in [1.165, 1.54) is 36.2 Å². The van der Waals surface area contributed by atoms with Crippen LogP contribution in [0, 0.1) is 10.1 Å². The van der Waals surface area contributed by atoms with E-state index in [-0.39, 0.29) is 22.5 Å². The van der Waals surface area contributed by atoms with Crippen molar-refractivity contribution in [1.82, 2.24) is 10.4 Å². The Balaban J connectivity index is 1.64. The molecule has 0 atom stereocenters. The van der Waals surface area contributed by atoms with Gasteiger partial charge in [0.05, 0.1) is 22.4 Å². The van der Waals surface area contributed by atoms with Crippen molar-refractivity contribution in [1.29, 1.82) is 0 Å². The second kappa shape index (κ2) is 9.01. The lowest BCUT2D eigenvalue weighted by Crippen LogP contribution is -2.19. The van der Waals surface area contributed by atoms with Gasteiger partial charge in [0, 0.05) is 33.0 Å². The topological polar surface area (TPSA) is 97.5 Å². The van der Waals surface area contributed by atoms with Gasteiger partial charge in [-0.25, -0.2) is 10.4 Å². The summed E-state index contributed by atoms with van der Waals surface area (Å²) in [5.41, 5.74) is 3.31. The number of hydrogen-bond donors (Lipinski definition) is 1. The maximum absolute atomic E-state index is 11.9. The number of hydrazone groups is 1. The molecule has 0 fully saturated rings. The SMILES string of the molecule is O=C(CSc1ccc(Cl)cc1)N/N=C\c1cc2cc([N+](=O)[O-])ccc2nc1Cl. The Morgan fingerprint density at radius 1 is 1.21 bits per heavy atom. The van der Waals surface area contributed by atoms with Crippen LogP contribution < -0.4 is 5.43 Å². The molecule has 3 rings (SSSR count). The summed E-state index contributed by atoms with van der Waals surface area (Å²) in [6, 6.07) is 13.0. The van der Waals surface area contributed by atoms with Gasteiger partial charge < -0.3 is 0 Å². The number of nitrogens with zero attached hydrogens (tertiary/aromatic N) is 3. The van der Waals surface area contributed by atoms with E-state index < -0.39 is 4.92 Å². The first-order valence-electron chi connectivity index (χ1n) is 7.87. The van der Waals surface area contributed by atoms with Gasteiger partial charge in [0.2, 0.25) is 5.91 Å². The largest absolute Gasteiger partial charge is 0.272 e. The molecule has 2 aromatic carbocycles. The van der Waals surface area contributed by atoms with E-state index in [9.17, 15) is 14.9 Å². The average Bonchev–Trinajstić information content (AvgIpc) is 2.67. The highest BCUT2D eigenvalue weighted by Gasteiger charge is 2.09. The van der Waals surface area contributed by atoms with Gasteiger partial charge in [0.25, 0.3) is 5.69 Å². The second-order valence-electron chi connectivity index (χ2n) is 5.54. The van der Waals surface area contributed by atoms with E-state index in [0.29, 0.717) is 21.5 Å². The van der Waals surface area contributed by atoms with Crippen molar-refractivity contribution in [3.63, 3.8) is 0 Å². The fourth-order valence-corrected chi connectivity index (χ4v) is 3.26. The zero-order valence-electron chi connectivity index (χ0n) is 14.1. The van der Waals surface area contributed by atoms with Crippen LogP contribution >= 0.6 is 35.0 Å². The Kier molecular flexibility index (Phi) is 6.45. The van der Waals surface area contributed by atoms with E-state index >= 15 is 0 Å². The number of non-ortho nitro benzene ring substituents is 1. The van der Waals surface area contributed by atoms with Crippen molar-refractivity contribution in [2.75, 3.05) is 5.75 Å². The number of benzene rings is 2. The lowest BCUT2D eigenvalue weighted by atomic mass is 10.1. The molecule has 0 unspecified atom stereocenters. The summed E-state index contributed by atoms with van der Waals surface area (Å²) in [6.07, 6.45) is 1.35. The zero-order valence-corrected chi connectivity index (χ0v) is 16.5. The molecule has 0 aliphatic carbocycles. The number of fused-ring (bicyclic) bond motifs is 1. The summed E-state index contributed by atoms with van der Waals surface area (Å²) in [5.74, 6) is -0.119. The maximum Gasteiger partial charge on any atom is 0.270 e. The Morgan fingerprint density at radius 3 is 2.68 bits per heavy atom. The first-order valence-corrected chi connectivity index (χ1v) is 9.61. The molecular weight excluding hydrogens is 423 g/mol. The zero-order chi connectivity index (χ0) is 20.1. The number of carbonyl (C=O) groups is 1. The minimum atomic E-state index is -0.486. The van der Waals surface area contributed by atoms with Crippen molar-refractivity contribution in [3.05, 3.63) is 74.4 Å². The number of halogens is 2. The standard InChI is InChI=1S/C18H12Cl2N4O3S/c19-13-1-4-15(5-2-13)28-10-17(25)23-21-9-12-7-11-8-14(24(26)27)3-6-16(11)22-18(12)20/h1-9H,10H2,(H,23,25)/b21-9-. The molecule has 1 amide bonds. The quantitative estimate of drug-likeness (QED) is 0.199. The number of rotatable bonds is 6. The summed E-state index contributed by atoms with van der Waals surface area (Å²) in [4.78, 5) is 27.4. The molecule has 1 heterocycles. The van der Waals surface area contributed by atoms with Crippen LogP contribution in [-0.4, -0.2) is 27.8 Å². The summed E-state index contributed by atoms with van der Waals surface area (Å²) >= 11 is 13.3. The number of thioether (sulfide) groups is 1. The number of amides is 1. The molecule has 7 nitrogen and oxygen atoms in total. The van der Waals surface area contributed by atoms with Crippen LogP contribution in [0.4, 0.5) is 5.69 Å². The van der Waals surface area contributed by atoms with Gasteiger partial charge in [0.1, 0.15) is 5.15 Å². The molecule has 10 heteroatoms. The third kappa shape index (κ3) is 5.19. The van der Waals surface area contributed by atoms with Gasteiger partial charge in [-0.1, -0.05) is 23.2 Å². The van der Waals surface area contributed by atoms with Crippen LogP contribution in [0.25, 0.3) is 10.9 Å². The second-order valence-corrected chi connectivity index (χ2v) is 7.38. The van der Waals surface area contributed by atoms with Crippen LogP contribution in [-0.2, 0) is 4.79 Å². The first-order chi connectivity index (χ1) is 13.4. The van der Waals surface area contributed by atoms with Crippen molar-refractivity contribution < 1.29 is 9.72 Å².